The lowest BCUT2D eigenvalue weighted by molar-refractivity contribution is 0.161. The number of rotatable bonds is 2. The van der Waals surface area contributed by atoms with Crippen LogP contribution in [0.15, 0.2) is 39.4 Å². The highest BCUT2D eigenvalue weighted by Crippen LogP contribution is 2.23. The molecule has 0 radical (unpaired) electrons. The van der Waals surface area contributed by atoms with Crippen LogP contribution in [0.25, 0.3) is 0 Å². The first-order valence-corrected chi connectivity index (χ1v) is 4.05. The molecule has 2 aromatic rings. The van der Waals surface area contributed by atoms with Crippen molar-refractivity contribution in [2.24, 2.45) is 0 Å². The Morgan fingerprint density at radius 2 is 2.08 bits per heavy atom. The van der Waals surface area contributed by atoms with E-state index >= 15 is 0 Å². The third-order valence-corrected chi connectivity index (χ3v) is 1.84. The largest absolute Gasteiger partial charge is 0.466 e. The zero-order valence-corrected chi connectivity index (χ0v) is 7.23. The highest BCUT2D eigenvalue weighted by molar-refractivity contribution is 5.16. The lowest BCUT2D eigenvalue weighted by Gasteiger charge is -2.02. The third-order valence-electron chi connectivity index (χ3n) is 1.84. The van der Waals surface area contributed by atoms with E-state index in [1.807, 2.05) is 13.0 Å². The number of hydrogen-bond acceptors (Lipinski definition) is 3. The maximum absolute atomic E-state index is 9.71. The van der Waals surface area contributed by atoms with Crippen LogP contribution in [0.5, 0.6) is 0 Å². The van der Waals surface area contributed by atoms with Crippen molar-refractivity contribution in [3.05, 3.63) is 47.8 Å². The van der Waals surface area contributed by atoms with Crippen LogP contribution in [-0.2, 0) is 0 Å². The van der Waals surface area contributed by atoms with Gasteiger partial charge in [0.1, 0.15) is 17.3 Å². The number of furan rings is 2. The van der Waals surface area contributed by atoms with Gasteiger partial charge in [-0.05, 0) is 31.2 Å². The second kappa shape index (κ2) is 3.11. The summed E-state index contributed by atoms with van der Waals surface area (Å²) in [5.41, 5.74) is 0. The Balaban J connectivity index is 2.28. The highest BCUT2D eigenvalue weighted by atomic mass is 16.4. The second-order valence-corrected chi connectivity index (χ2v) is 2.87. The molecule has 0 saturated carbocycles. The van der Waals surface area contributed by atoms with Crippen molar-refractivity contribution in [3.8, 4) is 0 Å². The molecule has 2 heterocycles. The fraction of sp³-hybridized carbons (Fsp3) is 0.200. The predicted molar refractivity (Wildman–Crippen MR) is 46.2 cm³/mol. The minimum absolute atomic E-state index is 0.495. The first-order chi connectivity index (χ1) is 6.27. The van der Waals surface area contributed by atoms with Gasteiger partial charge in [-0.3, -0.25) is 0 Å². The van der Waals surface area contributed by atoms with E-state index in [9.17, 15) is 5.11 Å². The maximum Gasteiger partial charge on any atom is 0.169 e. The molecule has 0 aliphatic carbocycles. The monoisotopic (exact) mass is 178 g/mol. The first kappa shape index (κ1) is 8.13. The Hall–Kier alpha value is -1.48. The maximum atomic E-state index is 9.71. The Labute approximate surface area is 75.6 Å². The van der Waals surface area contributed by atoms with Gasteiger partial charge >= 0.3 is 0 Å². The van der Waals surface area contributed by atoms with Crippen LogP contribution in [0.1, 0.15) is 23.4 Å². The van der Waals surface area contributed by atoms with E-state index in [1.54, 1.807) is 18.2 Å². The van der Waals surface area contributed by atoms with Crippen molar-refractivity contribution in [1.82, 2.24) is 0 Å². The molecule has 0 bridgehead atoms. The molecule has 2 aromatic heterocycles. The van der Waals surface area contributed by atoms with Crippen molar-refractivity contribution in [1.29, 1.82) is 0 Å². The van der Waals surface area contributed by atoms with E-state index in [2.05, 4.69) is 0 Å². The molecule has 0 amide bonds. The quantitative estimate of drug-likeness (QED) is 0.767. The first-order valence-electron chi connectivity index (χ1n) is 4.05. The Morgan fingerprint density at radius 1 is 1.23 bits per heavy atom. The molecular formula is C10H10O3. The predicted octanol–water partition coefficient (Wildman–Crippen LogP) is 2.26. The van der Waals surface area contributed by atoms with Gasteiger partial charge in [0.15, 0.2) is 6.10 Å². The molecule has 3 heteroatoms. The van der Waals surface area contributed by atoms with Crippen molar-refractivity contribution in [2.75, 3.05) is 0 Å². The summed E-state index contributed by atoms with van der Waals surface area (Å²) in [4.78, 5) is 0. The van der Waals surface area contributed by atoms with E-state index in [-0.39, 0.29) is 0 Å². The summed E-state index contributed by atoms with van der Waals surface area (Å²) < 4.78 is 10.3. The SMILES string of the molecule is Cc1ccc([C@@H](O)c2ccco2)o1. The minimum Gasteiger partial charge on any atom is -0.466 e. The molecule has 0 spiro atoms. The molecule has 1 N–H and O–H groups in total. The summed E-state index contributed by atoms with van der Waals surface area (Å²) in [6.07, 6.45) is 0.720. The fourth-order valence-electron chi connectivity index (χ4n) is 1.19. The van der Waals surface area contributed by atoms with Gasteiger partial charge in [0.2, 0.25) is 0 Å². The van der Waals surface area contributed by atoms with Crippen LogP contribution in [0.4, 0.5) is 0 Å². The summed E-state index contributed by atoms with van der Waals surface area (Å²) in [5.74, 6) is 1.78. The van der Waals surface area contributed by atoms with E-state index in [1.165, 1.54) is 6.26 Å². The second-order valence-electron chi connectivity index (χ2n) is 2.87. The van der Waals surface area contributed by atoms with Crippen LogP contribution < -0.4 is 0 Å². The normalized spacial score (nSPS) is 13.1. The Morgan fingerprint density at radius 3 is 2.62 bits per heavy atom. The van der Waals surface area contributed by atoms with Gasteiger partial charge < -0.3 is 13.9 Å². The van der Waals surface area contributed by atoms with Gasteiger partial charge in [0.25, 0.3) is 0 Å². The van der Waals surface area contributed by atoms with Crippen LogP contribution >= 0.6 is 0 Å². The van der Waals surface area contributed by atoms with Crippen molar-refractivity contribution in [2.45, 2.75) is 13.0 Å². The number of hydrogen-bond donors (Lipinski definition) is 1. The molecule has 13 heavy (non-hydrogen) atoms. The van der Waals surface area contributed by atoms with Crippen LogP contribution in [0.3, 0.4) is 0 Å². The van der Waals surface area contributed by atoms with Gasteiger partial charge in [0, 0.05) is 0 Å². The molecule has 2 rings (SSSR count). The van der Waals surface area contributed by atoms with Gasteiger partial charge in [0.05, 0.1) is 6.26 Å². The van der Waals surface area contributed by atoms with Gasteiger partial charge in [-0.25, -0.2) is 0 Å². The topological polar surface area (TPSA) is 46.5 Å². The van der Waals surface area contributed by atoms with E-state index in [0.29, 0.717) is 11.5 Å². The number of aryl methyl sites for hydroxylation is 1. The lowest BCUT2D eigenvalue weighted by atomic mass is 10.2. The van der Waals surface area contributed by atoms with Crippen LogP contribution in [0.2, 0.25) is 0 Å². The summed E-state index contributed by atoms with van der Waals surface area (Å²) in [6.45, 7) is 1.83. The average molecular weight is 178 g/mol. The van der Waals surface area contributed by atoms with Gasteiger partial charge in [-0.2, -0.15) is 0 Å². The molecule has 0 unspecified atom stereocenters. The van der Waals surface area contributed by atoms with Crippen LogP contribution in [-0.4, -0.2) is 5.11 Å². The Kier molecular flexibility index (Phi) is 1.94. The smallest absolute Gasteiger partial charge is 0.169 e. The number of aliphatic hydroxyl groups excluding tert-OH is 1. The summed E-state index contributed by atoms with van der Waals surface area (Å²) in [6, 6.07) is 6.99. The highest BCUT2D eigenvalue weighted by Gasteiger charge is 2.15. The van der Waals surface area contributed by atoms with Crippen molar-refractivity contribution < 1.29 is 13.9 Å². The van der Waals surface area contributed by atoms with Gasteiger partial charge in [-0.15, -0.1) is 0 Å². The summed E-state index contributed by atoms with van der Waals surface area (Å²) >= 11 is 0. The molecule has 0 saturated heterocycles. The number of aliphatic hydroxyl groups is 1. The van der Waals surface area contributed by atoms with Crippen molar-refractivity contribution >= 4 is 0 Å². The molecule has 1 atom stereocenters. The third kappa shape index (κ3) is 1.51. The summed E-state index contributed by atoms with van der Waals surface area (Å²) in [5, 5.41) is 9.71. The van der Waals surface area contributed by atoms with Gasteiger partial charge in [-0.1, -0.05) is 0 Å². The average Bonchev–Trinajstić information content (AvgIpc) is 2.72. The van der Waals surface area contributed by atoms with E-state index < -0.39 is 6.10 Å². The lowest BCUT2D eigenvalue weighted by Crippen LogP contribution is -1.95. The zero-order chi connectivity index (χ0) is 9.26. The van der Waals surface area contributed by atoms with Crippen molar-refractivity contribution in [3.63, 3.8) is 0 Å². The zero-order valence-electron chi connectivity index (χ0n) is 7.23. The van der Waals surface area contributed by atoms with Crippen LogP contribution in [0, 0.1) is 6.92 Å². The molecule has 0 fully saturated rings. The standard InChI is InChI=1S/C10H10O3/c1-7-4-5-9(13-7)10(11)8-3-2-6-12-8/h2-6,10-11H,1H3/t10-/m0/s1. The molecule has 68 valence electrons. The minimum atomic E-state index is -0.802. The fourth-order valence-corrected chi connectivity index (χ4v) is 1.19. The molecule has 0 aliphatic heterocycles. The molecule has 3 nitrogen and oxygen atoms in total. The molecule has 0 aliphatic rings. The molecule has 0 aromatic carbocycles. The Bertz CT molecular complexity index is 373. The van der Waals surface area contributed by atoms with E-state index in [4.69, 9.17) is 8.83 Å². The van der Waals surface area contributed by atoms with E-state index in [0.717, 1.165) is 5.76 Å². The summed E-state index contributed by atoms with van der Waals surface area (Å²) in [7, 11) is 0. The molecular weight excluding hydrogens is 168 g/mol.